The molecule has 0 aliphatic carbocycles. The van der Waals surface area contributed by atoms with Crippen LogP contribution in [0.3, 0.4) is 0 Å². The van der Waals surface area contributed by atoms with Crippen LogP contribution in [0.25, 0.3) is 0 Å². The van der Waals surface area contributed by atoms with E-state index in [-0.39, 0.29) is 16.9 Å². The molecule has 130 valence electrons. The van der Waals surface area contributed by atoms with E-state index in [1.165, 1.54) is 0 Å². The number of carbonyl (C=O) groups is 2. The molecule has 0 heterocycles. The Labute approximate surface area is 157 Å². The number of amides is 2. The second-order valence-electron chi connectivity index (χ2n) is 5.55. The molecule has 0 spiro atoms. The van der Waals surface area contributed by atoms with Crippen molar-refractivity contribution in [1.82, 2.24) is 10.2 Å². The molecule has 2 amide bonds. The van der Waals surface area contributed by atoms with Crippen LogP contribution in [-0.2, 0) is 11.2 Å². The normalized spacial score (nSPS) is 10.0. The third-order valence-corrected chi connectivity index (χ3v) is 3.95. The molecular weight excluding hydrogens is 358 g/mol. The smallest absolute Gasteiger partial charge is 0.258 e. The average Bonchev–Trinajstić information content (AvgIpc) is 2.56. The summed E-state index contributed by atoms with van der Waals surface area (Å²) in [6, 6.07) is 14.0. The first-order valence-corrected chi connectivity index (χ1v) is 8.31. The van der Waals surface area contributed by atoms with Crippen LogP contribution < -0.4 is 10.6 Å². The van der Waals surface area contributed by atoms with E-state index in [0.717, 1.165) is 5.56 Å². The predicted octanol–water partition coefficient (Wildman–Crippen LogP) is 3.10. The summed E-state index contributed by atoms with van der Waals surface area (Å²) in [6.07, 6.45) is 0.334. The Morgan fingerprint density at radius 2 is 1.72 bits per heavy atom. The van der Waals surface area contributed by atoms with Gasteiger partial charge in [-0.15, -0.1) is 0 Å². The van der Waals surface area contributed by atoms with E-state index >= 15 is 0 Å². The molecule has 7 heteroatoms. The Morgan fingerprint density at radius 3 is 2.32 bits per heavy atom. The van der Waals surface area contributed by atoms with E-state index in [1.54, 1.807) is 55.4 Å². The number of carbonyl (C=O) groups excluding carboxylic acids is 2. The molecule has 0 aliphatic heterocycles. The fourth-order valence-corrected chi connectivity index (χ4v) is 2.45. The molecule has 2 aromatic carbocycles. The van der Waals surface area contributed by atoms with Gasteiger partial charge >= 0.3 is 0 Å². The molecular formula is C18H18ClN3O2S. The molecule has 0 atom stereocenters. The first-order chi connectivity index (χ1) is 11.9. The second kappa shape index (κ2) is 8.60. The largest absolute Gasteiger partial charge is 0.349 e. The summed E-state index contributed by atoms with van der Waals surface area (Å²) < 4.78 is 0. The quantitative estimate of drug-likeness (QED) is 0.806. The third-order valence-electron chi connectivity index (χ3n) is 3.41. The first kappa shape index (κ1) is 18.9. The third kappa shape index (κ3) is 5.55. The zero-order chi connectivity index (χ0) is 18.4. The molecule has 0 fully saturated rings. The molecule has 0 aliphatic rings. The molecule has 0 saturated carbocycles. The van der Waals surface area contributed by atoms with Crippen LogP contribution in [0.5, 0.6) is 0 Å². The SMILES string of the molecule is CN(C)C(=O)Cc1ccc(NC(=S)NC(=O)c2ccccc2Cl)cc1. The van der Waals surface area contributed by atoms with E-state index < -0.39 is 0 Å². The van der Waals surface area contributed by atoms with Crippen molar-refractivity contribution in [3.63, 3.8) is 0 Å². The zero-order valence-corrected chi connectivity index (χ0v) is 15.4. The summed E-state index contributed by atoms with van der Waals surface area (Å²) in [4.78, 5) is 25.4. The Bertz CT molecular complexity index is 791. The van der Waals surface area contributed by atoms with Crippen molar-refractivity contribution in [2.75, 3.05) is 19.4 Å². The Balaban J connectivity index is 1.93. The molecule has 2 N–H and O–H groups in total. The standard InChI is InChI=1S/C18H18ClN3O2S/c1-22(2)16(23)11-12-7-9-13(10-8-12)20-18(25)21-17(24)14-5-3-4-6-15(14)19/h3-10H,11H2,1-2H3,(H2,20,21,24,25). The molecule has 0 aromatic heterocycles. The van der Waals surface area contributed by atoms with Gasteiger partial charge in [-0.3, -0.25) is 14.9 Å². The van der Waals surface area contributed by atoms with Gasteiger partial charge in [0.2, 0.25) is 5.91 Å². The van der Waals surface area contributed by atoms with E-state index in [1.807, 2.05) is 12.1 Å². The molecule has 0 bridgehead atoms. The fraction of sp³-hybridized carbons (Fsp3) is 0.167. The van der Waals surface area contributed by atoms with Gasteiger partial charge in [-0.05, 0) is 42.0 Å². The topological polar surface area (TPSA) is 61.4 Å². The summed E-state index contributed by atoms with van der Waals surface area (Å²) in [5.74, 6) is -0.348. The first-order valence-electron chi connectivity index (χ1n) is 7.53. The maximum Gasteiger partial charge on any atom is 0.258 e. The van der Waals surface area contributed by atoms with Crippen LogP contribution in [0.2, 0.25) is 5.02 Å². The van der Waals surface area contributed by atoms with Crippen molar-refractivity contribution in [2.24, 2.45) is 0 Å². The molecule has 2 rings (SSSR count). The Hall–Kier alpha value is -2.44. The van der Waals surface area contributed by atoms with Gasteiger partial charge in [0, 0.05) is 19.8 Å². The number of nitrogens with zero attached hydrogens (tertiary/aromatic N) is 1. The predicted molar refractivity (Wildman–Crippen MR) is 104 cm³/mol. The summed E-state index contributed by atoms with van der Waals surface area (Å²) in [7, 11) is 3.44. The van der Waals surface area contributed by atoms with Crippen LogP contribution >= 0.6 is 23.8 Å². The minimum atomic E-state index is -0.378. The summed E-state index contributed by atoms with van der Waals surface area (Å²) >= 11 is 11.1. The molecule has 0 radical (unpaired) electrons. The number of benzene rings is 2. The minimum absolute atomic E-state index is 0.0308. The number of hydrogen-bond donors (Lipinski definition) is 2. The molecule has 0 saturated heterocycles. The van der Waals surface area contributed by atoms with Gasteiger partial charge in [0.1, 0.15) is 0 Å². The number of hydrogen-bond acceptors (Lipinski definition) is 3. The lowest BCUT2D eigenvalue weighted by atomic mass is 10.1. The number of anilines is 1. The van der Waals surface area contributed by atoms with Crippen molar-refractivity contribution in [3.05, 3.63) is 64.7 Å². The number of rotatable bonds is 4. The van der Waals surface area contributed by atoms with Crippen LogP contribution in [0.15, 0.2) is 48.5 Å². The highest BCUT2D eigenvalue weighted by molar-refractivity contribution is 7.80. The second-order valence-corrected chi connectivity index (χ2v) is 6.37. The Kier molecular flexibility index (Phi) is 6.50. The summed E-state index contributed by atoms with van der Waals surface area (Å²) in [6.45, 7) is 0. The van der Waals surface area contributed by atoms with Gasteiger partial charge in [0.25, 0.3) is 5.91 Å². The minimum Gasteiger partial charge on any atom is -0.349 e. The highest BCUT2D eigenvalue weighted by Crippen LogP contribution is 2.15. The summed E-state index contributed by atoms with van der Waals surface area (Å²) in [5, 5.41) is 6.04. The van der Waals surface area contributed by atoms with Crippen LogP contribution in [0, 0.1) is 0 Å². The maximum atomic E-state index is 12.1. The van der Waals surface area contributed by atoms with Gasteiger partial charge in [-0.2, -0.15) is 0 Å². The van der Waals surface area contributed by atoms with Crippen molar-refractivity contribution < 1.29 is 9.59 Å². The highest BCUT2D eigenvalue weighted by Gasteiger charge is 2.11. The van der Waals surface area contributed by atoms with Crippen molar-refractivity contribution in [3.8, 4) is 0 Å². The lowest BCUT2D eigenvalue weighted by Crippen LogP contribution is -2.34. The van der Waals surface area contributed by atoms with E-state index in [2.05, 4.69) is 10.6 Å². The Morgan fingerprint density at radius 1 is 1.08 bits per heavy atom. The van der Waals surface area contributed by atoms with Gasteiger partial charge in [-0.1, -0.05) is 35.9 Å². The van der Waals surface area contributed by atoms with E-state index in [0.29, 0.717) is 22.7 Å². The fourth-order valence-electron chi connectivity index (χ4n) is 2.02. The van der Waals surface area contributed by atoms with Gasteiger partial charge in [-0.25, -0.2) is 0 Å². The van der Waals surface area contributed by atoms with Crippen molar-refractivity contribution >= 4 is 46.4 Å². The molecule has 0 unspecified atom stereocenters. The maximum absolute atomic E-state index is 12.1. The monoisotopic (exact) mass is 375 g/mol. The van der Waals surface area contributed by atoms with Crippen molar-refractivity contribution in [1.29, 1.82) is 0 Å². The highest BCUT2D eigenvalue weighted by atomic mass is 35.5. The van der Waals surface area contributed by atoms with Crippen LogP contribution in [-0.4, -0.2) is 35.9 Å². The number of likely N-dealkylation sites (N-methyl/N-ethyl adjacent to an activating group) is 1. The molecule has 25 heavy (non-hydrogen) atoms. The summed E-state index contributed by atoms with van der Waals surface area (Å²) in [5.41, 5.74) is 1.96. The molecule has 2 aromatic rings. The number of nitrogens with one attached hydrogen (secondary N) is 2. The lowest BCUT2D eigenvalue weighted by molar-refractivity contribution is -0.127. The van der Waals surface area contributed by atoms with E-state index in [4.69, 9.17) is 23.8 Å². The molecule has 5 nitrogen and oxygen atoms in total. The lowest BCUT2D eigenvalue weighted by Gasteiger charge is -2.12. The van der Waals surface area contributed by atoms with Crippen molar-refractivity contribution in [2.45, 2.75) is 6.42 Å². The van der Waals surface area contributed by atoms with Gasteiger partial charge in [0.15, 0.2) is 5.11 Å². The average molecular weight is 376 g/mol. The van der Waals surface area contributed by atoms with Gasteiger partial charge in [0.05, 0.1) is 17.0 Å². The van der Waals surface area contributed by atoms with Crippen LogP contribution in [0.4, 0.5) is 5.69 Å². The van der Waals surface area contributed by atoms with Gasteiger partial charge < -0.3 is 10.2 Å². The number of halogens is 1. The van der Waals surface area contributed by atoms with Crippen LogP contribution in [0.1, 0.15) is 15.9 Å². The number of thiocarbonyl (C=S) groups is 1. The zero-order valence-electron chi connectivity index (χ0n) is 13.9. The van der Waals surface area contributed by atoms with E-state index in [9.17, 15) is 9.59 Å².